The average molecular weight is 154 g/mol. The van der Waals surface area contributed by atoms with Crippen LogP contribution in [0.5, 0.6) is 0 Å². The van der Waals surface area contributed by atoms with E-state index in [-0.39, 0.29) is 6.10 Å². The molecule has 2 fully saturated rings. The van der Waals surface area contributed by atoms with Crippen molar-refractivity contribution in [3.63, 3.8) is 0 Å². The zero-order valence-electron chi connectivity index (χ0n) is 7.13. The Kier molecular flexibility index (Phi) is 2.17. The third-order valence-electron chi connectivity index (χ3n) is 3.54. The molecule has 0 aromatic rings. The topological polar surface area (TPSA) is 20.2 Å². The molecule has 1 nitrogen and oxygen atoms in total. The second kappa shape index (κ2) is 3.14. The van der Waals surface area contributed by atoms with Gasteiger partial charge in [-0.25, -0.2) is 0 Å². The van der Waals surface area contributed by atoms with Crippen LogP contribution in [0.2, 0.25) is 0 Å². The fourth-order valence-electron chi connectivity index (χ4n) is 2.90. The predicted molar refractivity (Wildman–Crippen MR) is 45.3 cm³/mol. The van der Waals surface area contributed by atoms with Gasteiger partial charge in [-0.2, -0.15) is 0 Å². The molecule has 0 saturated heterocycles. The molecule has 1 heteroatoms. The molecule has 0 amide bonds. The molecule has 0 aliphatic heterocycles. The largest absolute Gasteiger partial charge is 0.393 e. The molecule has 2 rings (SSSR count). The SMILES string of the molecule is O[C@@H]1CCCC2CCCC[C@@H]21. The minimum absolute atomic E-state index is 0.0500. The molecule has 0 aromatic carbocycles. The average Bonchev–Trinajstić information content (AvgIpc) is 2.06. The standard InChI is InChI=1S/C10H18O/c11-10-7-3-5-8-4-1-2-6-9(8)10/h8-11H,1-7H2/t8?,9-,10+/m0/s1. The number of aliphatic hydroxyl groups excluding tert-OH is 1. The summed E-state index contributed by atoms with van der Waals surface area (Å²) < 4.78 is 0. The molecule has 0 radical (unpaired) electrons. The van der Waals surface area contributed by atoms with Crippen molar-refractivity contribution in [1.82, 2.24) is 0 Å². The molecule has 2 saturated carbocycles. The van der Waals surface area contributed by atoms with Crippen molar-refractivity contribution < 1.29 is 5.11 Å². The maximum atomic E-state index is 9.70. The van der Waals surface area contributed by atoms with E-state index in [4.69, 9.17) is 0 Å². The Morgan fingerprint density at radius 3 is 2.36 bits per heavy atom. The first-order valence-electron chi connectivity index (χ1n) is 5.06. The van der Waals surface area contributed by atoms with Crippen LogP contribution in [0, 0.1) is 11.8 Å². The highest BCUT2D eigenvalue weighted by atomic mass is 16.3. The van der Waals surface area contributed by atoms with Crippen molar-refractivity contribution in [1.29, 1.82) is 0 Å². The number of aliphatic hydroxyl groups is 1. The Bertz CT molecular complexity index is 131. The summed E-state index contributed by atoms with van der Waals surface area (Å²) >= 11 is 0. The van der Waals surface area contributed by atoms with E-state index >= 15 is 0 Å². The third kappa shape index (κ3) is 1.44. The fraction of sp³-hybridized carbons (Fsp3) is 1.00. The van der Waals surface area contributed by atoms with Crippen molar-refractivity contribution in [2.45, 2.75) is 51.0 Å². The van der Waals surface area contributed by atoms with Crippen molar-refractivity contribution in [2.75, 3.05) is 0 Å². The van der Waals surface area contributed by atoms with Crippen LogP contribution in [-0.4, -0.2) is 11.2 Å². The van der Waals surface area contributed by atoms with Crippen LogP contribution in [0.3, 0.4) is 0 Å². The van der Waals surface area contributed by atoms with E-state index in [1.165, 1.54) is 38.5 Å². The molecule has 1 unspecified atom stereocenters. The summed E-state index contributed by atoms with van der Waals surface area (Å²) in [6.07, 6.45) is 9.24. The second-order valence-corrected chi connectivity index (χ2v) is 4.21. The van der Waals surface area contributed by atoms with Gasteiger partial charge in [0, 0.05) is 0 Å². The van der Waals surface area contributed by atoms with Gasteiger partial charge in [0.25, 0.3) is 0 Å². The normalized spacial score (nSPS) is 45.0. The smallest absolute Gasteiger partial charge is 0.0571 e. The van der Waals surface area contributed by atoms with E-state index in [0.717, 1.165) is 12.3 Å². The summed E-state index contributed by atoms with van der Waals surface area (Å²) in [6.45, 7) is 0. The van der Waals surface area contributed by atoms with Crippen LogP contribution in [0.25, 0.3) is 0 Å². The fourth-order valence-corrected chi connectivity index (χ4v) is 2.90. The highest BCUT2D eigenvalue weighted by molar-refractivity contribution is 4.84. The molecule has 1 N–H and O–H groups in total. The van der Waals surface area contributed by atoms with E-state index in [2.05, 4.69) is 0 Å². The summed E-state index contributed by atoms with van der Waals surface area (Å²) in [5, 5.41) is 9.70. The van der Waals surface area contributed by atoms with E-state index in [0.29, 0.717) is 5.92 Å². The summed E-state index contributed by atoms with van der Waals surface area (Å²) in [4.78, 5) is 0. The van der Waals surface area contributed by atoms with E-state index in [1.54, 1.807) is 0 Å². The Hall–Kier alpha value is -0.0400. The highest BCUT2D eigenvalue weighted by Gasteiger charge is 2.33. The van der Waals surface area contributed by atoms with Crippen LogP contribution in [0.1, 0.15) is 44.9 Å². The summed E-state index contributed by atoms with van der Waals surface area (Å²) in [7, 11) is 0. The maximum absolute atomic E-state index is 9.70. The molecular weight excluding hydrogens is 136 g/mol. The Balaban J connectivity index is 1.99. The van der Waals surface area contributed by atoms with Gasteiger partial charge in [-0.3, -0.25) is 0 Å². The Labute approximate surface area is 68.8 Å². The lowest BCUT2D eigenvalue weighted by atomic mass is 9.69. The number of hydrogen-bond donors (Lipinski definition) is 1. The minimum Gasteiger partial charge on any atom is -0.393 e. The van der Waals surface area contributed by atoms with Crippen molar-refractivity contribution in [3.8, 4) is 0 Å². The van der Waals surface area contributed by atoms with Crippen molar-refractivity contribution >= 4 is 0 Å². The molecule has 64 valence electrons. The van der Waals surface area contributed by atoms with Gasteiger partial charge >= 0.3 is 0 Å². The van der Waals surface area contributed by atoms with Gasteiger partial charge in [0.05, 0.1) is 6.10 Å². The quantitative estimate of drug-likeness (QED) is 0.568. The summed E-state index contributed by atoms with van der Waals surface area (Å²) in [5.41, 5.74) is 0. The lowest BCUT2D eigenvalue weighted by molar-refractivity contribution is 0.0105. The van der Waals surface area contributed by atoms with Crippen LogP contribution in [-0.2, 0) is 0 Å². The second-order valence-electron chi connectivity index (χ2n) is 4.21. The van der Waals surface area contributed by atoms with Crippen LogP contribution in [0.15, 0.2) is 0 Å². The van der Waals surface area contributed by atoms with E-state index in [9.17, 15) is 5.11 Å². The van der Waals surface area contributed by atoms with Crippen LogP contribution in [0.4, 0.5) is 0 Å². The first kappa shape index (κ1) is 7.60. The lowest BCUT2D eigenvalue weighted by Crippen LogP contribution is -2.34. The van der Waals surface area contributed by atoms with Gasteiger partial charge in [-0.05, 0) is 31.1 Å². The zero-order chi connectivity index (χ0) is 7.68. The number of hydrogen-bond acceptors (Lipinski definition) is 1. The van der Waals surface area contributed by atoms with Gasteiger partial charge in [0.1, 0.15) is 0 Å². The molecule has 2 aliphatic carbocycles. The maximum Gasteiger partial charge on any atom is 0.0571 e. The molecular formula is C10H18O. The van der Waals surface area contributed by atoms with Gasteiger partial charge < -0.3 is 5.11 Å². The minimum atomic E-state index is 0.0500. The molecule has 2 aliphatic rings. The lowest BCUT2D eigenvalue weighted by Gasteiger charge is -2.38. The molecule has 3 atom stereocenters. The first-order valence-corrected chi connectivity index (χ1v) is 5.06. The molecule has 0 aromatic heterocycles. The monoisotopic (exact) mass is 154 g/mol. The summed E-state index contributed by atoms with van der Waals surface area (Å²) in [6, 6.07) is 0. The Morgan fingerprint density at radius 2 is 1.55 bits per heavy atom. The Morgan fingerprint density at radius 1 is 0.818 bits per heavy atom. The molecule has 0 heterocycles. The number of rotatable bonds is 0. The first-order chi connectivity index (χ1) is 5.38. The predicted octanol–water partition coefficient (Wildman–Crippen LogP) is 2.34. The number of fused-ring (bicyclic) bond motifs is 1. The van der Waals surface area contributed by atoms with Crippen molar-refractivity contribution in [3.05, 3.63) is 0 Å². The zero-order valence-corrected chi connectivity index (χ0v) is 7.13. The molecule has 0 bridgehead atoms. The van der Waals surface area contributed by atoms with Gasteiger partial charge in [-0.1, -0.05) is 25.7 Å². The van der Waals surface area contributed by atoms with Gasteiger partial charge in [0.2, 0.25) is 0 Å². The van der Waals surface area contributed by atoms with Gasteiger partial charge in [0.15, 0.2) is 0 Å². The van der Waals surface area contributed by atoms with E-state index < -0.39 is 0 Å². The molecule has 11 heavy (non-hydrogen) atoms. The van der Waals surface area contributed by atoms with Crippen molar-refractivity contribution in [2.24, 2.45) is 11.8 Å². The molecule has 0 spiro atoms. The van der Waals surface area contributed by atoms with Crippen LogP contribution >= 0.6 is 0 Å². The summed E-state index contributed by atoms with van der Waals surface area (Å²) in [5.74, 6) is 1.56. The van der Waals surface area contributed by atoms with Crippen LogP contribution < -0.4 is 0 Å². The van der Waals surface area contributed by atoms with E-state index in [1.807, 2.05) is 0 Å². The highest BCUT2D eigenvalue weighted by Crippen LogP contribution is 2.40. The third-order valence-corrected chi connectivity index (χ3v) is 3.54. The van der Waals surface area contributed by atoms with Gasteiger partial charge in [-0.15, -0.1) is 0 Å².